The molecule has 0 bridgehead atoms. The van der Waals surface area contributed by atoms with Crippen LogP contribution in [0.5, 0.6) is 11.5 Å². The topological polar surface area (TPSA) is 93.2 Å². The molecule has 8 nitrogen and oxygen atoms in total. The lowest BCUT2D eigenvalue weighted by Gasteiger charge is -2.23. The summed E-state index contributed by atoms with van der Waals surface area (Å²) in [6, 6.07) is 16.0. The van der Waals surface area contributed by atoms with Crippen LogP contribution in [0.1, 0.15) is 37.7 Å². The van der Waals surface area contributed by atoms with Gasteiger partial charge in [0.15, 0.2) is 0 Å². The standard InChI is InChI=1S/C24H30N6O2/c1-31-20-13-11-17(12-14-20)16-25-22-28-23(26-18-7-4-3-5-8-18)30-24(29-22)27-19-9-6-10-21(15-19)32-2/h6,9-15,18H,3-5,7-8,16H2,1-2H3,(H3,25,26,27,28,29,30). The highest BCUT2D eigenvalue weighted by molar-refractivity contribution is 5.57. The summed E-state index contributed by atoms with van der Waals surface area (Å²) in [5, 5.41) is 10.1. The van der Waals surface area contributed by atoms with Crippen molar-refractivity contribution in [1.82, 2.24) is 15.0 Å². The van der Waals surface area contributed by atoms with Gasteiger partial charge < -0.3 is 25.4 Å². The molecule has 1 aromatic heterocycles. The minimum Gasteiger partial charge on any atom is -0.497 e. The largest absolute Gasteiger partial charge is 0.497 e. The SMILES string of the molecule is COc1ccc(CNc2nc(Nc3cccc(OC)c3)nc(NC3CCCCC3)n2)cc1. The van der Waals surface area contributed by atoms with E-state index in [0.717, 1.165) is 35.6 Å². The van der Waals surface area contributed by atoms with E-state index in [0.29, 0.717) is 30.4 Å². The molecule has 32 heavy (non-hydrogen) atoms. The molecule has 1 saturated carbocycles. The average molecular weight is 435 g/mol. The third-order valence-electron chi connectivity index (χ3n) is 5.51. The zero-order chi connectivity index (χ0) is 22.2. The molecule has 0 amide bonds. The van der Waals surface area contributed by atoms with Crippen molar-refractivity contribution in [2.24, 2.45) is 0 Å². The van der Waals surface area contributed by atoms with Crippen LogP contribution in [0.4, 0.5) is 23.5 Å². The summed E-state index contributed by atoms with van der Waals surface area (Å²) in [6.07, 6.45) is 6.05. The summed E-state index contributed by atoms with van der Waals surface area (Å²) in [7, 11) is 3.31. The molecule has 0 radical (unpaired) electrons. The number of rotatable bonds is 9. The monoisotopic (exact) mass is 434 g/mol. The molecule has 0 unspecified atom stereocenters. The van der Waals surface area contributed by atoms with Gasteiger partial charge in [0.2, 0.25) is 17.8 Å². The summed E-state index contributed by atoms with van der Waals surface area (Å²) in [5.41, 5.74) is 1.95. The molecule has 1 heterocycles. The van der Waals surface area contributed by atoms with Gasteiger partial charge in [0.25, 0.3) is 0 Å². The molecule has 3 N–H and O–H groups in total. The van der Waals surface area contributed by atoms with Crippen LogP contribution in [0.25, 0.3) is 0 Å². The molecule has 1 fully saturated rings. The van der Waals surface area contributed by atoms with E-state index in [1.165, 1.54) is 19.3 Å². The average Bonchev–Trinajstić information content (AvgIpc) is 2.84. The van der Waals surface area contributed by atoms with E-state index in [9.17, 15) is 0 Å². The molecule has 168 valence electrons. The van der Waals surface area contributed by atoms with E-state index in [1.54, 1.807) is 14.2 Å². The van der Waals surface area contributed by atoms with E-state index >= 15 is 0 Å². The second-order valence-corrected chi connectivity index (χ2v) is 7.84. The van der Waals surface area contributed by atoms with Gasteiger partial charge in [0.1, 0.15) is 11.5 Å². The molecule has 0 atom stereocenters. The van der Waals surface area contributed by atoms with Crippen LogP contribution in [0.15, 0.2) is 48.5 Å². The number of anilines is 4. The maximum atomic E-state index is 5.32. The van der Waals surface area contributed by atoms with E-state index in [1.807, 2.05) is 48.5 Å². The zero-order valence-electron chi connectivity index (χ0n) is 18.6. The fourth-order valence-electron chi connectivity index (χ4n) is 3.76. The fraction of sp³-hybridized carbons (Fsp3) is 0.375. The van der Waals surface area contributed by atoms with Crippen LogP contribution < -0.4 is 25.4 Å². The lowest BCUT2D eigenvalue weighted by molar-refractivity contribution is 0.414. The summed E-state index contributed by atoms with van der Waals surface area (Å²) in [5.74, 6) is 3.16. The first kappa shape index (κ1) is 21.7. The van der Waals surface area contributed by atoms with Gasteiger partial charge in [0, 0.05) is 24.3 Å². The van der Waals surface area contributed by atoms with Gasteiger partial charge in [-0.3, -0.25) is 0 Å². The Morgan fingerprint density at radius 1 is 0.812 bits per heavy atom. The number of methoxy groups -OCH3 is 2. The highest BCUT2D eigenvalue weighted by Gasteiger charge is 2.16. The number of hydrogen-bond acceptors (Lipinski definition) is 8. The molecule has 3 aromatic rings. The van der Waals surface area contributed by atoms with Crippen molar-refractivity contribution in [2.75, 3.05) is 30.2 Å². The second-order valence-electron chi connectivity index (χ2n) is 7.84. The molecular formula is C24H30N6O2. The quantitative estimate of drug-likeness (QED) is 0.434. The van der Waals surface area contributed by atoms with Crippen LogP contribution in [0.3, 0.4) is 0 Å². The highest BCUT2D eigenvalue weighted by atomic mass is 16.5. The molecule has 8 heteroatoms. The van der Waals surface area contributed by atoms with Crippen LogP contribution >= 0.6 is 0 Å². The third-order valence-corrected chi connectivity index (χ3v) is 5.51. The molecule has 1 aliphatic rings. The maximum Gasteiger partial charge on any atom is 0.233 e. The molecule has 0 saturated heterocycles. The Morgan fingerprint density at radius 3 is 2.28 bits per heavy atom. The Labute approximate surface area is 188 Å². The fourth-order valence-corrected chi connectivity index (χ4v) is 3.76. The van der Waals surface area contributed by atoms with Crippen LogP contribution in [-0.2, 0) is 6.54 Å². The first-order valence-electron chi connectivity index (χ1n) is 11.0. The second kappa shape index (κ2) is 10.7. The Balaban J connectivity index is 1.52. The van der Waals surface area contributed by atoms with Gasteiger partial charge in [-0.1, -0.05) is 37.5 Å². The van der Waals surface area contributed by atoms with Gasteiger partial charge in [-0.15, -0.1) is 0 Å². The molecule has 1 aliphatic carbocycles. The van der Waals surface area contributed by atoms with E-state index in [4.69, 9.17) is 9.47 Å². The Morgan fingerprint density at radius 2 is 1.53 bits per heavy atom. The number of benzene rings is 2. The van der Waals surface area contributed by atoms with Crippen LogP contribution in [0, 0.1) is 0 Å². The normalized spacial score (nSPS) is 13.9. The summed E-state index contributed by atoms with van der Waals surface area (Å²) in [6.45, 7) is 0.593. The Hall–Kier alpha value is -3.55. The van der Waals surface area contributed by atoms with Crippen molar-refractivity contribution in [1.29, 1.82) is 0 Å². The van der Waals surface area contributed by atoms with Crippen molar-refractivity contribution >= 4 is 23.5 Å². The van der Waals surface area contributed by atoms with E-state index in [2.05, 4.69) is 30.9 Å². The smallest absolute Gasteiger partial charge is 0.233 e. The van der Waals surface area contributed by atoms with Gasteiger partial charge in [-0.25, -0.2) is 0 Å². The van der Waals surface area contributed by atoms with Gasteiger partial charge >= 0.3 is 0 Å². The molecule has 0 aliphatic heterocycles. The first-order chi connectivity index (χ1) is 15.7. The summed E-state index contributed by atoms with van der Waals surface area (Å²) in [4.78, 5) is 13.8. The van der Waals surface area contributed by atoms with Crippen molar-refractivity contribution < 1.29 is 9.47 Å². The minimum atomic E-state index is 0.394. The van der Waals surface area contributed by atoms with Crippen LogP contribution in [0.2, 0.25) is 0 Å². The Kier molecular flexibility index (Phi) is 7.22. The van der Waals surface area contributed by atoms with Gasteiger partial charge in [-0.2, -0.15) is 15.0 Å². The number of nitrogens with zero attached hydrogens (tertiary/aromatic N) is 3. The third kappa shape index (κ3) is 6.00. The minimum absolute atomic E-state index is 0.394. The molecule has 0 spiro atoms. The number of ether oxygens (including phenoxy) is 2. The van der Waals surface area contributed by atoms with Gasteiger partial charge in [0.05, 0.1) is 14.2 Å². The maximum absolute atomic E-state index is 5.32. The predicted molar refractivity (Wildman–Crippen MR) is 127 cm³/mol. The van der Waals surface area contributed by atoms with E-state index in [-0.39, 0.29) is 0 Å². The summed E-state index contributed by atoms with van der Waals surface area (Å²) < 4.78 is 10.5. The van der Waals surface area contributed by atoms with Crippen LogP contribution in [-0.4, -0.2) is 35.2 Å². The lowest BCUT2D eigenvalue weighted by Crippen LogP contribution is -2.24. The first-order valence-corrected chi connectivity index (χ1v) is 11.0. The summed E-state index contributed by atoms with van der Waals surface area (Å²) >= 11 is 0. The molecule has 2 aromatic carbocycles. The van der Waals surface area contributed by atoms with Crippen molar-refractivity contribution in [3.63, 3.8) is 0 Å². The predicted octanol–water partition coefficient (Wildman–Crippen LogP) is 4.99. The number of aromatic nitrogens is 3. The zero-order valence-corrected chi connectivity index (χ0v) is 18.6. The molecule has 4 rings (SSSR count). The van der Waals surface area contributed by atoms with Crippen molar-refractivity contribution in [3.05, 3.63) is 54.1 Å². The highest BCUT2D eigenvalue weighted by Crippen LogP contribution is 2.23. The number of nitrogens with one attached hydrogen (secondary N) is 3. The van der Waals surface area contributed by atoms with Gasteiger partial charge in [-0.05, 0) is 42.7 Å². The number of hydrogen-bond donors (Lipinski definition) is 3. The van der Waals surface area contributed by atoms with E-state index < -0.39 is 0 Å². The molecular weight excluding hydrogens is 404 g/mol. The van der Waals surface area contributed by atoms with Crippen molar-refractivity contribution in [3.8, 4) is 11.5 Å². The lowest BCUT2D eigenvalue weighted by atomic mass is 9.96. The Bertz CT molecular complexity index is 1010. The van der Waals surface area contributed by atoms with Crippen molar-refractivity contribution in [2.45, 2.75) is 44.7 Å².